The van der Waals surface area contributed by atoms with E-state index in [0.29, 0.717) is 23.0 Å². The Morgan fingerprint density at radius 2 is 2.08 bits per heavy atom. The van der Waals surface area contributed by atoms with Crippen LogP contribution in [0.5, 0.6) is 17.4 Å². The van der Waals surface area contributed by atoms with E-state index in [4.69, 9.17) is 19.9 Å². The Bertz CT molecular complexity index is 877. The maximum Gasteiger partial charge on any atom is 0.244 e. The van der Waals surface area contributed by atoms with Gasteiger partial charge in [0.15, 0.2) is 11.5 Å². The number of nitrogens with two attached hydrogens (primary N) is 1. The van der Waals surface area contributed by atoms with Crippen molar-refractivity contribution >= 4 is 0 Å². The lowest BCUT2D eigenvalue weighted by atomic mass is 9.82. The van der Waals surface area contributed by atoms with E-state index in [1.165, 1.54) is 0 Å². The van der Waals surface area contributed by atoms with Gasteiger partial charge in [0.1, 0.15) is 11.6 Å². The van der Waals surface area contributed by atoms with Crippen LogP contribution in [0, 0.1) is 11.3 Å². The zero-order valence-electron chi connectivity index (χ0n) is 14.6. The summed E-state index contributed by atoms with van der Waals surface area (Å²) in [5, 5.41) is 16.9. The summed E-state index contributed by atoms with van der Waals surface area (Å²) in [4.78, 5) is 0. The first-order chi connectivity index (χ1) is 12.0. The lowest BCUT2D eigenvalue weighted by Gasteiger charge is -2.26. The SMILES string of the molecule is COc1cccc([C@@H]2C(C#N)=C(N)Oc3n[nH]c(C(C)C)c32)c1OC. The predicted octanol–water partition coefficient (Wildman–Crippen LogP) is 2.77. The Hall–Kier alpha value is -3.14. The maximum atomic E-state index is 9.71. The topological polar surface area (TPSA) is 106 Å². The Kier molecular flexibility index (Phi) is 4.28. The number of methoxy groups -OCH3 is 2. The molecule has 2 heterocycles. The molecule has 0 saturated heterocycles. The Balaban J connectivity index is 2.31. The number of hydrogen-bond acceptors (Lipinski definition) is 6. The monoisotopic (exact) mass is 340 g/mol. The quantitative estimate of drug-likeness (QED) is 0.886. The van der Waals surface area contributed by atoms with Crippen molar-refractivity contribution in [2.45, 2.75) is 25.7 Å². The van der Waals surface area contributed by atoms with Crippen LogP contribution in [0.25, 0.3) is 0 Å². The number of ether oxygens (including phenoxy) is 3. The summed E-state index contributed by atoms with van der Waals surface area (Å²) in [6.45, 7) is 4.09. The van der Waals surface area contributed by atoms with Gasteiger partial charge in [-0.05, 0) is 12.0 Å². The number of nitriles is 1. The highest BCUT2D eigenvalue weighted by molar-refractivity contribution is 5.61. The highest BCUT2D eigenvalue weighted by atomic mass is 16.5. The van der Waals surface area contributed by atoms with E-state index in [1.807, 2.05) is 26.0 Å². The predicted molar refractivity (Wildman–Crippen MR) is 91.5 cm³/mol. The molecule has 2 aromatic rings. The van der Waals surface area contributed by atoms with Crippen molar-refractivity contribution in [3.63, 3.8) is 0 Å². The number of aromatic amines is 1. The first kappa shape index (κ1) is 16.7. The molecule has 0 bridgehead atoms. The molecule has 0 amide bonds. The van der Waals surface area contributed by atoms with Crippen LogP contribution in [0.2, 0.25) is 0 Å². The van der Waals surface area contributed by atoms with Crippen molar-refractivity contribution < 1.29 is 14.2 Å². The number of H-pyrrole nitrogens is 1. The number of rotatable bonds is 4. The summed E-state index contributed by atoms with van der Waals surface area (Å²) < 4.78 is 16.5. The van der Waals surface area contributed by atoms with Gasteiger partial charge >= 0.3 is 0 Å². The first-order valence-corrected chi connectivity index (χ1v) is 7.90. The minimum absolute atomic E-state index is 0.0479. The fourth-order valence-electron chi connectivity index (χ4n) is 3.16. The first-order valence-electron chi connectivity index (χ1n) is 7.90. The minimum atomic E-state index is -0.449. The van der Waals surface area contributed by atoms with E-state index in [2.05, 4.69) is 16.3 Å². The van der Waals surface area contributed by atoms with Crippen molar-refractivity contribution in [3.8, 4) is 23.4 Å². The zero-order chi connectivity index (χ0) is 18.1. The lowest BCUT2D eigenvalue weighted by molar-refractivity contribution is 0.348. The van der Waals surface area contributed by atoms with Crippen LogP contribution in [-0.2, 0) is 0 Å². The number of hydrogen-bond donors (Lipinski definition) is 2. The van der Waals surface area contributed by atoms with Crippen molar-refractivity contribution in [1.82, 2.24) is 10.2 Å². The number of para-hydroxylation sites is 1. The minimum Gasteiger partial charge on any atom is -0.493 e. The van der Waals surface area contributed by atoms with Crippen LogP contribution < -0.4 is 19.9 Å². The third-order valence-corrected chi connectivity index (χ3v) is 4.29. The van der Waals surface area contributed by atoms with Gasteiger partial charge < -0.3 is 19.9 Å². The average Bonchev–Trinajstić information content (AvgIpc) is 3.03. The smallest absolute Gasteiger partial charge is 0.244 e. The van der Waals surface area contributed by atoms with Crippen LogP contribution in [0.1, 0.15) is 42.5 Å². The molecule has 1 atom stereocenters. The van der Waals surface area contributed by atoms with Gasteiger partial charge in [0.2, 0.25) is 11.8 Å². The fourth-order valence-corrected chi connectivity index (χ4v) is 3.16. The largest absolute Gasteiger partial charge is 0.493 e. The van der Waals surface area contributed by atoms with E-state index in [9.17, 15) is 5.26 Å². The number of nitrogens with zero attached hydrogens (tertiary/aromatic N) is 2. The molecule has 3 N–H and O–H groups in total. The van der Waals surface area contributed by atoms with Crippen molar-refractivity contribution in [2.24, 2.45) is 5.73 Å². The van der Waals surface area contributed by atoms with Gasteiger partial charge in [-0.3, -0.25) is 5.10 Å². The molecule has 0 aliphatic carbocycles. The molecule has 3 rings (SSSR count). The third-order valence-electron chi connectivity index (χ3n) is 4.29. The van der Waals surface area contributed by atoms with E-state index in [1.54, 1.807) is 20.3 Å². The molecule has 0 spiro atoms. The molecule has 130 valence electrons. The molecule has 1 aromatic heterocycles. The molecule has 25 heavy (non-hydrogen) atoms. The second-order valence-electron chi connectivity index (χ2n) is 6.02. The number of allylic oxidation sites excluding steroid dienone is 1. The second-order valence-corrected chi connectivity index (χ2v) is 6.02. The molecule has 1 aromatic carbocycles. The molecular formula is C18H20N4O3. The summed E-state index contributed by atoms with van der Waals surface area (Å²) in [6, 6.07) is 7.73. The van der Waals surface area contributed by atoms with Gasteiger partial charge in [-0.15, -0.1) is 5.10 Å². The van der Waals surface area contributed by atoms with E-state index in [0.717, 1.165) is 16.8 Å². The molecule has 7 heteroatoms. The molecule has 0 unspecified atom stereocenters. The zero-order valence-corrected chi connectivity index (χ0v) is 14.6. The number of nitrogens with one attached hydrogen (secondary N) is 1. The molecule has 0 radical (unpaired) electrons. The van der Waals surface area contributed by atoms with Gasteiger partial charge in [-0.2, -0.15) is 5.26 Å². The van der Waals surface area contributed by atoms with E-state index in [-0.39, 0.29) is 11.8 Å². The summed E-state index contributed by atoms with van der Waals surface area (Å²) in [6.07, 6.45) is 0. The molecule has 0 saturated carbocycles. The Morgan fingerprint density at radius 1 is 1.32 bits per heavy atom. The summed E-state index contributed by atoms with van der Waals surface area (Å²) in [5.74, 6) is 1.28. The van der Waals surface area contributed by atoms with Crippen LogP contribution >= 0.6 is 0 Å². The number of aromatic nitrogens is 2. The van der Waals surface area contributed by atoms with Crippen LogP contribution in [0.3, 0.4) is 0 Å². The van der Waals surface area contributed by atoms with Gasteiger partial charge in [-0.1, -0.05) is 26.0 Å². The van der Waals surface area contributed by atoms with Crippen LogP contribution in [-0.4, -0.2) is 24.4 Å². The normalized spacial score (nSPS) is 16.2. The van der Waals surface area contributed by atoms with Crippen molar-refractivity contribution in [3.05, 3.63) is 46.5 Å². The van der Waals surface area contributed by atoms with Gasteiger partial charge in [0.25, 0.3) is 0 Å². The molecule has 1 aliphatic rings. The van der Waals surface area contributed by atoms with Crippen LogP contribution in [0.15, 0.2) is 29.7 Å². The average molecular weight is 340 g/mol. The number of fused-ring (bicyclic) bond motifs is 1. The maximum absolute atomic E-state index is 9.71. The second kappa shape index (κ2) is 6.40. The fraction of sp³-hybridized carbons (Fsp3) is 0.333. The summed E-state index contributed by atoms with van der Waals surface area (Å²) in [5.41, 5.74) is 8.77. The molecule has 7 nitrogen and oxygen atoms in total. The van der Waals surface area contributed by atoms with Crippen LogP contribution in [0.4, 0.5) is 0 Å². The summed E-state index contributed by atoms with van der Waals surface area (Å²) in [7, 11) is 3.14. The van der Waals surface area contributed by atoms with Gasteiger partial charge in [-0.25, -0.2) is 0 Å². The lowest BCUT2D eigenvalue weighted by Crippen LogP contribution is -2.22. The summed E-state index contributed by atoms with van der Waals surface area (Å²) >= 11 is 0. The van der Waals surface area contributed by atoms with Gasteiger partial charge in [0.05, 0.1) is 25.7 Å². The van der Waals surface area contributed by atoms with E-state index >= 15 is 0 Å². The van der Waals surface area contributed by atoms with Crippen molar-refractivity contribution in [1.29, 1.82) is 5.26 Å². The highest BCUT2D eigenvalue weighted by Gasteiger charge is 2.37. The Labute approximate surface area is 146 Å². The highest BCUT2D eigenvalue weighted by Crippen LogP contribution is 2.48. The van der Waals surface area contributed by atoms with E-state index < -0.39 is 5.92 Å². The van der Waals surface area contributed by atoms with Crippen molar-refractivity contribution in [2.75, 3.05) is 14.2 Å². The third kappa shape index (κ3) is 2.56. The molecule has 0 fully saturated rings. The Morgan fingerprint density at radius 3 is 2.68 bits per heavy atom. The molecule has 1 aliphatic heterocycles. The molecular weight excluding hydrogens is 320 g/mol. The standard InChI is InChI=1S/C18H20N4O3/c1-9(2)15-14-13(10-6-5-7-12(23-3)16(10)24-4)11(8-19)17(20)25-18(14)22-21-15/h5-7,9,13H,20H2,1-4H3,(H,21,22)/t13-/m1/s1. The van der Waals surface area contributed by atoms with Gasteiger partial charge in [0, 0.05) is 11.3 Å². The number of benzene rings is 1.